The molecular weight excluding hydrogens is 320 g/mol. The Hall–Kier alpha value is -3.33. The lowest BCUT2D eigenvalue weighted by atomic mass is 9.96. The number of anilines is 1. The van der Waals surface area contributed by atoms with Crippen LogP contribution in [0.1, 0.15) is 22.7 Å². The molecule has 128 valence electrons. The number of nitrogens with one attached hydrogen (secondary N) is 1. The summed E-state index contributed by atoms with van der Waals surface area (Å²) in [5.41, 5.74) is 4.73. The van der Waals surface area contributed by atoms with Gasteiger partial charge in [0.15, 0.2) is 0 Å². The van der Waals surface area contributed by atoms with Gasteiger partial charge in [-0.1, -0.05) is 66.2 Å². The molecule has 0 aliphatic rings. The van der Waals surface area contributed by atoms with Crippen LogP contribution in [0.5, 0.6) is 5.75 Å². The van der Waals surface area contributed by atoms with Gasteiger partial charge in [0.05, 0.1) is 6.04 Å². The van der Waals surface area contributed by atoms with Gasteiger partial charge in [0.1, 0.15) is 11.3 Å². The number of hydrogen-bond donors (Lipinski definition) is 2. The van der Waals surface area contributed by atoms with Crippen molar-refractivity contribution in [2.75, 3.05) is 5.32 Å². The first-order chi connectivity index (χ1) is 12.7. The van der Waals surface area contributed by atoms with Crippen molar-refractivity contribution in [3.8, 4) is 5.75 Å². The maximum Gasteiger partial charge on any atom is 0.147 e. The van der Waals surface area contributed by atoms with Crippen LogP contribution in [0.15, 0.2) is 85.1 Å². The van der Waals surface area contributed by atoms with Crippen LogP contribution < -0.4 is 5.32 Å². The number of phenols is 1. The van der Waals surface area contributed by atoms with Gasteiger partial charge in [-0.25, -0.2) is 0 Å². The number of aryl methyl sites for hydroxylation is 1. The minimum Gasteiger partial charge on any atom is -0.505 e. The zero-order valence-corrected chi connectivity index (χ0v) is 14.6. The number of pyridine rings is 1. The van der Waals surface area contributed by atoms with Crippen molar-refractivity contribution in [1.29, 1.82) is 0 Å². The van der Waals surface area contributed by atoms with E-state index in [9.17, 15) is 5.11 Å². The zero-order chi connectivity index (χ0) is 17.9. The maximum atomic E-state index is 10.9. The van der Waals surface area contributed by atoms with Gasteiger partial charge < -0.3 is 10.4 Å². The third-order valence-electron chi connectivity index (χ3n) is 4.59. The van der Waals surface area contributed by atoms with Crippen molar-refractivity contribution in [1.82, 2.24) is 4.98 Å². The lowest BCUT2D eigenvalue weighted by molar-refractivity contribution is 0.472. The van der Waals surface area contributed by atoms with E-state index in [-0.39, 0.29) is 11.8 Å². The molecule has 26 heavy (non-hydrogen) atoms. The van der Waals surface area contributed by atoms with Crippen LogP contribution in [-0.4, -0.2) is 10.1 Å². The Balaban J connectivity index is 1.83. The Morgan fingerprint density at radius 1 is 0.846 bits per heavy atom. The van der Waals surface area contributed by atoms with Gasteiger partial charge in [-0.3, -0.25) is 4.98 Å². The van der Waals surface area contributed by atoms with Gasteiger partial charge in [-0.05, 0) is 30.7 Å². The molecule has 0 aliphatic heterocycles. The highest BCUT2D eigenvalue weighted by atomic mass is 16.3. The van der Waals surface area contributed by atoms with Crippen LogP contribution in [0.3, 0.4) is 0 Å². The quantitative estimate of drug-likeness (QED) is 0.519. The van der Waals surface area contributed by atoms with E-state index in [4.69, 9.17) is 0 Å². The molecule has 0 saturated heterocycles. The topological polar surface area (TPSA) is 45.2 Å². The minimum absolute atomic E-state index is 0.176. The number of benzene rings is 3. The Kier molecular flexibility index (Phi) is 4.28. The normalized spacial score (nSPS) is 12.0. The first-order valence-electron chi connectivity index (χ1n) is 8.67. The molecule has 1 atom stereocenters. The van der Waals surface area contributed by atoms with Crippen molar-refractivity contribution in [2.24, 2.45) is 0 Å². The smallest absolute Gasteiger partial charge is 0.147 e. The molecule has 0 bridgehead atoms. The zero-order valence-electron chi connectivity index (χ0n) is 14.6. The molecule has 2 N–H and O–H groups in total. The third kappa shape index (κ3) is 3.11. The van der Waals surface area contributed by atoms with Gasteiger partial charge in [0.2, 0.25) is 0 Å². The number of hydrogen-bond acceptors (Lipinski definition) is 3. The van der Waals surface area contributed by atoms with Crippen LogP contribution in [0.2, 0.25) is 0 Å². The number of fused-ring (bicyclic) bond motifs is 1. The highest BCUT2D eigenvalue weighted by molar-refractivity contribution is 5.86. The Morgan fingerprint density at radius 2 is 1.62 bits per heavy atom. The van der Waals surface area contributed by atoms with E-state index in [1.54, 1.807) is 6.20 Å². The molecule has 0 spiro atoms. The predicted molar refractivity (Wildman–Crippen MR) is 106 cm³/mol. The highest BCUT2D eigenvalue weighted by Crippen LogP contribution is 2.36. The van der Waals surface area contributed by atoms with Crippen LogP contribution >= 0.6 is 0 Å². The molecule has 1 unspecified atom stereocenters. The second kappa shape index (κ2) is 6.89. The van der Waals surface area contributed by atoms with Crippen molar-refractivity contribution in [3.63, 3.8) is 0 Å². The van der Waals surface area contributed by atoms with Crippen LogP contribution in [0.4, 0.5) is 5.69 Å². The number of aromatic hydroxyl groups is 1. The Morgan fingerprint density at radius 3 is 2.38 bits per heavy atom. The van der Waals surface area contributed by atoms with Crippen LogP contribution in [0, 0.1) is 6.92 Å². The number of phenolic OH excluding ortho intramolecular Hbond substituents is 1. The molecule has 3 aromatic carbocycles. The van der Waals surface area contributed by atoms with E-state index in [0.29, 0.717) is 5.52 Å². The van der Waals surface area contributed by atoms with Crippen LogP contribution in [0.25, 0.3) is 10.9 Å². The Labute approximate surface area is 153 Å². The summed E-state index contributed by atoms with van der Waals surface area (Å²) >= 11 is 0. The molecule has 4 rings (SSSR count). The molecule has 3 nitrogen and oxygen atoms in total. The summed E-state index contributed by atoms with van der Waals surface area (Å²) in [5, 5.41) is 15.4. The van der Waals surface area contributed by atoms with Gasteiger partial charge in [0, 0.05) is 22.8 Å². The maximum absolute atomic E-state index is 10.9. The first kappa shape index (κ1) is 16.2. The fourth-order valence-corrected chi connectivity index (χ4v) is 3.18. The molecule has 0 fully saturated rings. The molecule has 0 amide bonds. The van der Waals surface area contributed by atoms with Crippen molar-refractivity contribution in [2.45, 2.75) is 13.0 Å². The van der Waals surface area contributed by atoms with E-state index in [0.717, 1.165) is 22.2 Å². The summed E-state index contributed by atoms with van der Waals surface area (Å²) in [6.07, 6.45) is 1.71. The molecule has 3 heteroatoms. The third-order valence-corrected chi connectivity index (χ3v) is 4.59. The van der Waals surface area contributed by atoms with E-state index in [1.807, 2.05) is 42.5 Å². The summed E-state index contributed by atoms with van der Waals surface area (Å²) in [7, 11) is 0. The fraction of sp³-hybridized carbons (Fsp3) is 0.0870. The Bertz CT molecular complexity index is 1030. The number of nitrogens with zero attached hydrogens (tertiary/aromatic N) is 1. The average Bonchev–Trinajstić information content (AvgIpc) is 2.69. The van der Waals surface area contributed by atoms with Gasteiger partial charge >= 0.3 is 0 Å². The SMILES string of the molecule is Cc1ccc(NC(c2ccccc2)c2ccc3cccnc3c2O)cc1. The lowest BCUT2D eigenvalue weighted by Crippen LogP contribution is -2.12. The van der Waals surface area contributed by atoms with Gasteiger partial charge in [0.25, 0.3) is 0 Å². The summed E-state index contributed by atoms with van der Waals surface area (Å²) in [6, 6.07) is 26.0. The summed E-state index contributed by atoms with van der Waals surface area (Å²) in [4.78, 5) is 4.36. The van der Waals surface area contributed by atoms with Crippen LogP contribution in [-0.2, 0) is 0 Å². The average molecular weight is 340 g/mol. The number of rotatable bonds is 4. The van der Waals surface area contributed by atoms with Crippen molar-refractivity contribution < 1.29 is 5.11 Å². The predicted octanol–water partition coefficient (Wildman–Crippen LogP) is 5.45. The number of aromatic nitrogens is 1. The molecule has 0 aliphatic carbocycles. The van der Waals surface area contributed by atoms with E-state index in [2.05, 4.69) is 53.6 Å². The summed E-state index contributed by atoms with van der Waals surface area (Å²) in [6.45, 7) is 2.07. The second-order valence-electron chi connectivity index (χ2n) is 6.43. The monoisotopic (exact) mass is 340 g/mol. The van der Waals surface area contributed by atoms with Crippen molar-refractivity contribution >= 4 is 16.6 Å². The molecule has 0 saturated carbocycles. The first-order valence-corrected chi connectivity index (χ1v) is 8.67. The molecule has 0 radical (unpaired) electrons. The molecule has 1 heterocycles. The molecule has 4 aromatic rings. The molecule has 1 aromatic heterocycles. The largest absolute Gasteiger partial charge is 0.505 e. The fourth-order valence-electron chi connectivity index (χ4n) is 3.18. The minimum atomic E-state index is -0.176. The summed E-state index contributed by atoms with van der Waals surface area (Å²) in [5.74, 6) is 0.219. The second-order valence-corrected chi connectivity index (χ2v) is 6.43. The van der Waals surface area contributed by atoms with Crippen molar-refractivity contribution in [3.05, 3.63) is 102 Å². The van der Waals surface area contributed by atoms with E-state index >= 15 is 0 Å². The highest BCUT2D eigenvalue weighted by Gasteiger charge is 2.19. The van der Waals surface area contributed by atoms with E-state index in [1.165, 1.54) is 5.56 Å². The standard InChI is InChI=1S/C23H20N2O/c1-16-9-12-19(13-10-16)25-21(17-6-3-2-4-7-17)20-14-11-18-8-5-15-24-22(18)23(20)26/h2-15,21,25-26H,1H3. The lowest BCUT2D eigenvalue weighted by Gasteiger charge is -2.22. The summed E-state index contributed by atoms with van der Waals surface area (Å²) < 4.78 is 0. The van der Waals surface area contributed by atoms with Gasteiger partial charge in [-0.15, -0.1) is 0 Å². The van der Waals surface area contributed by atoms with E-state index < -0.39 is 0 Å². The van der Waals surface area contributed by atoms with Gasteiger partial charge in [-0.2, -0.15) is 0 Å². The molecular formula is C23H20N2O.